The third kappa shape index (κ3) is 4.45. The van der Waals surface area contributed by atoms with E-state index < -0.39 is 0 Å². The molecule has 0 fully saturated rings. The normalized spacial score (nSPS) is 10.7. The van der Waals surface area contributed by atoms with Crippen molar-refractivity contribution in [1.82, 2.24) is 0 Å². The Bertz CT molecular complexity index is 772. The van der Waals surface area contributed by atoms with Gasteiger partial charge in [-0.2, -0.15) is 0 Å². The fourth-order valence-corrected chi connectivity index (χ4v) is 2.84. The fraction of sp³-hybridized carbons (Fsp3) is 0.350. The lowest BCUT2D eigenvalue weighted by Crippen LogP contribution is -2.15. The van der Waals surface area contributed by atoms with Crippen LogP contribution in [0.2, 0.25) is 5.02 Å². The second-order valence-electron chi connectivity index (χ2n) is 6.07. The predicted molar refractivity (Wildman–Crippen MR) is 102 cm³/mol. The van der Waals surface area contributed by atoms with Gasteiger partial charge in [0.25, 0.3) is 5.91 Å². The second-order valence-corrected chi connectivity index (χ2v) is 6.48. The summed E-state index contributed by atoms with van der Waals surface area (Å²) in [5.74, 6) is 0.646. The van der Waals surface area contributed by atoms with Crippen LogP contribution in [0, 0.1) is 6.92 Å². The summed E-state index contributed by atoms with van der Waals surface area (Å²) in [7, 11) is 1.52. The smallest absolute Gasteiger partial charge is 0.255 e. The number of rotatable bonds is 6. The highest BCUT2D eigenvalue weighted by atomic mass is 35.5. The number of carbonyl (C=O) groups excluding carboxylic acids is 1. The molecule has 4 nitrogen and oxygen atoms in total. The van der Waals surface area contributed by atoms with Crippen LogP contribution in [0.4, 0.5) is 5.69 Å². The van der Waals surface area contributed by atoms with Gasteiger partial charge in [-0.15, -0.1) is 0 Å². The van der Waals surface area contributed by atoms with Crippen molar-refractivity contribution in [3.63, 3.8) is 0 Å². The Hall–Kier alpha value is -2.20. The average molecular weight is 362 g/mol. The highest BCUT2D eigenvalue weighted by Gasteiger charge is 2.18. The number of anilines is 1. The lowest BCUT2D eigenvalue weighted by Gasteiger charge is -2.17. The zero-order chi connectivity index (χ0) is 18.6. The molecule has 0 unspecified atom stereocenters. The van der Waals surface area contributed by atoms with E-state index in [1.54, 1.807) is 12.1 Å². The number of aryl methyl sites for hydroxylation is 2. The molecule has 1 N–H and O–H groups in total. The Kier molecular flexibility index (Phi) is 6.32. The molecule has 0 radical (unpaired) electrons. The van der Waals surface area contributed by atoms with Gasteiger partial charge in [-0.1, -0.05) is 36.7 Å². The number of amides is 1. The molecule has 2 rings (SSSR count). The molecule has 2 aromatic carbocycles. The van der Waals surface area contributed by atoms with Gasteiger partial charge in [0.05, 0.1) is 18.2 Å². The number of benzene rings is 2. The number of para-hydroxylation sites is 1. The van der Waals surface area contributed by atoms with Crippen molar-refractivity contribution in [2.75, 3.05) is 12.4 Å². The molecular weight excluding hydrogens is 338 g/mol. The number of methoxy groups -OCH3 is 1. The lowest BCUT2D eigenvalue weighted by molar-refractivity contribution is 0.102. The van der Waals surface area contributed by atoms with Crippen LogP contribution in [-0.2, 0) is 6.42 Å². The number of nitrogens with one attached hydrogen (secondary N) is 1. The first-order valence-electron chi connectivity index (χ1n) is 8.31. The SMILES string of the molecule is CCc1cccc(C)c1NC(=O)c1cc(Cl)c(OC(C)C)c(OC)c1. The van der Waals surface area contributed by atoms with Gasteiger partial charge in [0.15, 0.2) is 11.5 Å². The summed E-state index contributed by atoms with van der Waals surface area (Å²) >= 11 is 6.31. The molecule has 0 aliphatic heterocycles. The van der Waals surface area contributed by atoms with Gasteiger partial charge < -0.3 is 14.8 Å². The summed E-state index contributed by atoms with van der Waals surface area (Å²) in [5.41, 5.74) is 3.37. The molecule has 0 aliphatic rings. The second kappa shape index (κ2) is 8.26. The van der Waals surface area contributed by atoms with Crippen molar-refractivity contribution in [2.45, 2.75) is 40.2 Å². The summed E-state index contributed by atoms with van der Waals surface area (Å²) in [6.45, 7) is 7.84. The van der Waals surface area contributed by atoms with Crippen molar-refractivity contribution < 1.29 is 14.3 Å². The molecule has 0 aliphatic carbocycles. The van der Waals surface area contributed by atoms with Gasteiger partial charge in [0, 0.05) is 11.3 Å². The average Bonchev–Trinajstić information content (AvgIpc) is 2.57. The van der Waals surface area contributed by atoms with Crippen molar-refractivity contribution in [3.05, 3.63) is 52.0 Å². The van der Waals surface area contributed by atoms with Gasteiger partial charge in [-0.25, -0.2) is 0 Å². The van der Waals surface area contributed by atoms with Crippen molar-refractivity contribution in [1.29, 1.82) is 0 Å². The lowest BCUT2D eigenvalue weighted by atomic mass is 10.1. The third-order valence-electron chi connectivity index (χ3n) is 3.82. The largest absolute Gasteiger partial charge is 0.493 e. The van der Waals surface area contributed by atoms with E-state index in [9.17, 15) is 4.79 Å². The molecule has 5 heteroatoms. The maximum absolute atomic E-state index is 12.7. The van der Waals surface area contributed by atoms with E-state index in [1.165, 1.54) is 7.11 Å². The van der Waals surface area contributed by atoms with E-state index in [-0.39, 0.29) is 12.0 Å². The Balaban J connectivity index is 2.36. The summed E-state index contributed by atoms with van der Waals surface area (Å²) < 4.78 is 11.0. The van der Waals surface area contributed by atoms with E-state index in [1.807, 2.05) is 39.0 Å². The van der Waals surface area contributed by atoms with Crippen molar-refractivity contribution >= 4 is 23.2 Å². The minimum atomic E-state index is -0.236. The molecular formula is C20H24ClNO3. The van der Waals surface area contributed by atoms with Crippen molar-refractivity contribution in [2.24, 2.45) is 0 Å². The summed E-state index contributed by atoms with van der Waals surface area (Å²) in [6.07, 6.45) is 0.785. The maximum Gasteiger partial charge on any atom is 0.255 e. The Morgan fingerprint density at radius 3 is 2.60 bits per heavy atom. The van der Waals surface area contributed by atoms with Crippen LogP contribution in [0.25, 0.3) is 0 Å². The van der Waals surface area contributed by atoms with Gasteiger partial charge >= 0.3 is 0 Å². The maximum atomic E-state index is 12.7. The zero-order valence-electron chi connectivity index (χ0n) is 15.3. The Morgan fingerprint density at radius 1 is 1.28 bits per heavy atom. The molecule has 1 amide bonds. The minimum absolute atomic E-state index is 0.0508. The van der Waals surface area contributed by atoms with Crippen LogP contribution in [0.3, 0.4) is 0 Å². The highest BCUT2D eigenvalue weighted by molar-refractivity contribution is 6.32. The van der Waals surface area contributed by atoms with E-state index >= 15 is 0 Å². The number of hydrogen-bond acceptors (Lipinski definition) is 3. The van der Waals surface area contributed by atoms with E-state index in [0.717, 1.165) is 23.2 Å². The van der Waals surface area contributed by atoms with Crippen LogP contribution in [0.1, 0.15) is 42.3 Å². The molecule has 0 spiro atoms. The van der Waals surface area contributed by atoms with Gasteiger partial charge in [-0.3, -0.25) is 4.79 Å². The van der Waals surface area contributed by atoms with E-state index in [2.05, 4.69) is 12.2 Å². The highest BCUT2D eigenvalue weighted by Crippen LogP contribution is 2.37. The van der Waals surface area contributed by atoms with Gasteiger partial charge in [0.2, 0.25) is 0 Å². The quantitative estimate of drug-likeness (QED) is 0.763. The van der Waals surface area contributed by atoms with E-state index in [4.69, 9.17) is 21.1 Å². The number of hydrogen-bond donors (Lipinski definition) is 1. The molecule has 25 heavy (non-hydrogen) atoms. The van der Waals surface area contributed by atoms with Crippen LogP contribution in [0.5, 0.6) is 11.5 Å². The van der Waals surface area contributed by atoms with Crippen molar-refractivity contribution in [3.8, 4) is 11.5 Å². The summed E-state index contributed by atoms with van der Waals surface area (Å²) in [6, 6.07) is 9.21. The zero-order valence-corrected chi connectivity index (χ0v) is 16.0. The molecule has 0 saturated heterocycles. The monoisotopic (exact) mass is 361 g/mol. The molecule has 0 aromatic heterocycles. The van der Waals surface area contributed by atoms with Crippen LogP contribution in [0.15, 0.2) is 30.3 Å². The summed E-state index contributed by atoms with van der Waals surface area (Å²) in [4.78, 5) is 12.7. The number of carbonyl (C=O) groups is 1. The minimum Gasteiger partial charge on any atom is -0.493 e. The fourth-order valence-electron chi connectivity index (χ4n) is 2.59. The predicted octanol–water partition coefficient (Wildman–Crippen LogP) is 5.26. The Morgan fingerprint density at radius 2 is 2.00 bits per heavy atom. The van der Waals surface area contributed by atoms with Crippen LogP contribution < -0.4 is 14.8 Å². The molecule has 0 heterocycles. The molecule has 134 valence electrons. The Labute approximate surface area is 154 Å². The van der Waals surface area contributed by atoms with Crippen LogP contribution >= 0.6 is 11.6 Å². The van der Waals surface area contributed by atoms with Crippen LogP contribution in [-0.4, -0.2) is 19.1 Å². The molecule has 0 bridgehead atoms. The standard InChI is InChI=1S/C20H24ClNO3/c1-6-14-9-7-8-13(4)18(14)22-20(23)15-10-16(21)19(25-12(2)3)17(11-15)24-5/h7-12H,6H2,1-5H3,(H,22,23). The third-order valence-corrected chi connectivity index (χ3v) is 4.10. The number of ether oxygens (including phenoxy) is 2. The first-order valence-corrected chi connectivity index (χ1v) is 8.69. The summed E-state index contributed by atoms with van der Waals surface area (Å²) in [5, 5.41) is 3.34. The first kappa shape index (κ1) is 19.1. The molecule has 0 atom stereocenters. The molecule has 2 aromatic rings. The molecule has 0 saturated carbocycles. The number of halogens is 1. The van der Waals surface area contributed by atoms with Gasteiger partial charge in [-0.05, 0) is 50.5 Å². The topological polar surface area (TPSA) is 47.6 Å². The first-order chi connectivity index (χ1) is 11.9. The van der Waals surface area contributed by atoms with Gasteiger partial charge in [0.1, 0.15) is 0 Å². The van der Waals surface area contributed by atoms with E-state index in [0.29, 0.717) is 22.1 Å².